The average molecular weight is 256 g/mol. The molecule has 0 aliphatic carbocycles. The first-order chi connectivity index (χ1) is 9.09. The number of nitrogens with zero attached hydrogens (tertiary/aromatic N) is 1. The van der Waals surface area contributed by atoms with E-state index in [4.69, 9.17) is 5.11 Å². The van der Waals surface area contributed by atoms with Crippen molar-refractivity contribution in [1.29, 1.82) is 0 Å². The van der Waals surface area contributed by atoms with Crippen molar-refractivity contribution in [3.63, 3.8) is 0 Å². The van der Waals surface area contributed by atoms with Crippen molar-refractivity contribution in [2.45, 2.75) is 19.9 Å². The molecule has 1 aromatic heterocycles. The lowest BCUT2D eigenvalue weighted by Crippen LogP contribution is -2.12. The first-order valence-corrected chi connectivity index (χ1v) is 6.09. The number of benzene rings is 1. The SMILES string of the molecule is Cc1ccccc1C(C)Nc1cnccc1C(=O)O. The lowest BCUT2D eigenvalue weighted by molar-refractivity contribution is 0.0698. The topological polar surface area (TPSA) is 62.2 Å². The summed E-state index contributed by atoms with van der Waals surface area (Å²) in [6.07, 6.45) is 3.02. The molecule has 0 saturated heterocycles. The molecule has 0 aliphatic rings. The number of nitrogens with one attached hydrogen (secondary N) is 1. The van der Waals surface area contributed by atoms with Crippen LogP contribution in [0.3, 0.4) is 0 Å². The van der Waals surface area contributed by atoms with Crippen LogP contribution in [0.2, 0.25) is 0 Å². The molecule has 2 rings (SSSR count). The molecule has 1 aromatic carbocycles. The molecule has 2 N–H and O–H groups in total. The first-order valence-electron chi connectivity index (χ1n) is 6.09. The summed E-state index contributed by atoms with van der Waals surface area (Å²) in [4.78, 5) is 15.1. The lowest BCUT2D eigenvalue weighted by atomic mass is 10.0. The molecule has 0 aliphatic heterocycles. The highest BCUT2D eigenvalue weighted by molar-refractivity contribution is 5.93. The number of aromatic carboxylic acids is 1. The van der Waals surface area contributed by atoms with Crippen molar-refractivity contribution >= 4 is 11.7 Å². The molecule has 0 fully saturated rings. The van der Waals surface area contributed by atoms with Gasteiger partial charge < -0.3 is 10.4 Å². The molecular weight excluding hydrogens is 240 g/mol. The molecule has 0 saturated carbocycles. The van der Waals surface area contributed by atoms with Gasteiger partial charge in [0.1, 0.15) is 0 Å². The Hall–Kier alpha value is -2.36. The average Bonchev–Trinajstić information content (AvgIpc) is 2.39. The van der Waals surface area contributed by atoms with E-state index in [1.54, 1.807) is 0 Å². The van der Waals surface area contributed by atoms with Crippen LogP contribution in [0.1, 0.15) is 34.5 Å². The van der Waals surface area contributed by atoms with Crippen molar-refractivity contribution in [1.82, 2.24) is 4.98 Å². The standard InChI is InChI=1S/C15H16N2O2/c1-10-5-3-4-6-12(10)11(2)17-14-9-16-8-7-13(14)15(18)19/h3-9,11,17H,1-2H3,(H,18,19). The van der Waals surface area contributed by atoms with E-state index in [0.717, 1.165) is 5.56 Å². The van der Waals surface area contributed by atoms with E-state index in [0.29, 0.717) is 5.69 Å². The van der Waals surface area contributed by atoms with Crippen LogP contribution in [0.25, 0.3) is 0 Å². The smallest absolute Gasteiger partial charge is 0.337 e. The van der Waals surface area contributed by atoms with Crippen LogP contribution < -0.4 is 5.32 Å². The van der Waals surface area contributed by atoms with Crippen LogP contribution in [-0.2, 0) is 0 Å². The summed E-state index contributed by atoms with van der Waals surface area (Å²) in [6.45, 7) is 4.04. The van der Waals surface area contributed by atoms with Gasteiger partial charge in [-0.25, -0.2) is 4.79 Å². The summed E-state index contributed by atoms with van der Waals surface area (Å²) in [5, 5.41) is 12.3. The number of carboxylic acids is 1. The number of aromatic nitrogens is 1. The van der Waals surface area contributed by atoms with Gasteiger partial charge in [-0.15, -0.1) is 0 Å². The molecule has 1 atom stereocenters. The second-order valence-electron chi connectivity index (χ2n) is 4.45. The number of rotatable bonds is 4. The Morgan fingerprint density at radius 1 is 1.32 bits per heavy atom. The maximum atomic E-state index is 11.1. The Kier molecular flexibility index (Phi) is 3.80. The second-order valence-corrected chi connectivity index (χ2v) is 4.45. The molecule has 98 valence electrons. The van der Waals surface area contributed by atoms with Gasteiger partial charge in [0.05, 0.1) is 17.4 Å². The van der Waals surface area contributed by atoms with Crippen LogP contribution in [0.5, 0.6) is 0 Å². The van der Waals surface area contributed by atoms with Crippen LogP contribution in [0.4, 0.5) is 5.69 Å². The van der Waals surface area contributed by atoms with E-state index in [2.05, 4.69) is 10.3 Å². The van der Waals surface area contributed by atoms with Crippen molar-refractivity contribution in [2.24, 2.45) is 0 Å². The monoisotopic (exact) mass is 256 g/mol. The fourth-order valence-corrected chi connectivity index (χ4v) is 2.08. The van der Waals surface area contributed by atoms with Gasteiger partial charge in [-0.05, 0) is 31.0 Å². The number of carbonyl (C=O) groups is 1. The largest absolute Gasteiger partial charge is 0.478 e. The predicted molar refractivity (Wildman–Crippen MR) is 74.4 cm³/mol. The van der Waals surface area contributed by atoms with Gasteiger partial charge in [-0.1, -0.05) is 24.3 Å². The summed E-state index contributed by atoms with van der Waals surface area (Å²) in [7, 11) is 0. The molecular formula is C15H16N2O2. The highest BCUT2D eigenvalue weighted by atomic mass is 16.4. The van der Waals surface area contributed by atoms with Gasteiger partial charge in [0.25, 0.3) is 0 Å². The minimum Gasteiger partial charge on any atom is -0.478 e. The molecule has 1 unspecified atom stereocenters. The van der Waals surface area contributed by atoms with E-state index < -0.39 is 5.97 Å². The molecule has 4 heteroatoms. The molecule has 0 amide bonds. The Balaban J connectivity index is 2.27. The summed E-state index contributed by atoms with van der Waals surface area (Å²) in [5.74, 6) is -0.957. The number of hydrogen-bond acceptors (Lipinski definition) is 3. The van der Waals surface area contributed by atoms with Crippen LogP contribution in [-0.4, -0.2) is 16.1 Å². The third kappa shape index (κ3) is 2.91. The van der Waals surface area contributed by atoms with Gasteiger partial charge in [-0.3, -0.25) is 4.98 Å². The number of anilines is 1. The molecule has 4 nitrogen and oxygen atoms in total. The van der Waals surface area contributed by atoms with Crippen LogP contribution in [0, 0.1) is 6.92 Å². The third-order valence-electron chi connectivity index (χ3n) is 3.08. The minimum atomic E-state index is -0.957. The predicted octanol–water partition coefficient (Wildman–Crippen LogP) is 3.26. The minimum absolute atomic E-state index is 0.0171. The highest BCUT2D eigenvalue weighted by Crippen LogP contribution is 2.23. The summed E-state index contributed by atoms with van der Waals surface area (Å²) in [5.41, 5.74) is 3.08. The zero-order valence-corrected chi connectivity index (χ0v) is 10.9. The van der Waals surface area contributed by atoms with Crippen molar-refractivity contribution < 1.29 is 9.90 Å². The quantitative estimate of drug-likeness (QED) is 0.881. The van der Waals surface area contributed by atoms with Crippen LogP contribution in [0.15, 0.2) is 42.7 Å². The third-order valence-corrected chi connectivity index (χ3v) is 3.08. The Morgan fingerprint density at radius 3 is 2.74 bits per heavy atom. The van der Waals surface area contributed by atoms with Gasteiger partial charge in [0, 0.05) is 12.2 Å². The van der Waals surface area contributed by atoms with E-state index in [-0.39, 0.29) is 11.6 Å². The molecule has 2 aromatic rings. The maximum absolute atomic E-state index is 11.1. The molecule has 0 radical (unpaired) electrons. The maximum Gasteiger partial charge on any atom is 0.337 e. The van der Waals surface area contributed by atoms with Crippen LogP contribution >= 0.6 is 0 Å². The van der Waals surface area contributed by atoms with E-state index in [9.17, 15) is 4.79 Å². The van der Waals surface area contributed by atoms with E-state index >= 15 is 0 Å². The number of hydrogen-bond donors (Lipinski definition) is 2. The fourth-order valence-electron chi connectivity index (χ4n) is 2.08. The van der Waals surface area contributed by atoms with Gasteiger partial charge in [-0.2, -0.15) is 0 Å². The van der Waals surface area contributed by atoms with Crippen molar-refractivity contribution in [3.05, 3.63) is 59.4 Å². The Bertz CT molecular complexity index is 596. The van der Waals surface area contributed by atoms with E-state index in [1.807, 2.05) is 38.1 Å². The van der Waals surface area contributed by atoms with Crippen molar-refractivity contribution in [2.75, 3.05) is 5.32 Å². The second kappa shape index (κ2) is 5.52. The first kappa shape index (κ1) is 13.1. The molecule has 0 bridgehead atoms. The summed E-state index contributed by atoms with van der Waals surface area (Å²) in [6, 6.07) is 9.54. The molecule has 1 heterocycles. The Labute approximate surface area is 112 Å². The van der Waals surface area contributed by atoms with Gasteiger partial charge >= 0.3 is 5.97 Å². The number of carboxylic acid groups (broad SMARTS) is 1. The summed E-state index contributed by atoms with van der Waals surface area (Å²) >= 11 is 0. The lowest BCUT2D eigenvalue weighted by Gasteiger charge is -2.18. The summed E-state index contributed by atoms with van der Waals surface area (Å²) < 4.78 is 0. The molecule has 0 spiro atoms. The number of pyridine rings is 1. The zero-order chi connectivity index (χ0) is 13.8. The highest BCUT2D eigenvalue weighted by Gasteiger charge is 2.13. The van der Waals surface area contributed by atoms with Gasteiger partial charge in [0.15, 0.2) is 0 Å². The Morgan fingerprint density at radius 2 is 2.05 bits per heavy atom. The van der Waals surface area contributed by atoms with Crippen molar-refractivity contribution in [3.8, 4) is 0 Å². The zero-order valence-electron chi connectivity index (χ0n) is 10.9. The normalized spacial score (nSPS) is 11.9. The number of aryl methyl sites for hydroxylation is 1. The van der Waals surface area contributed by atoms with E-state index in [1.165, 1.54) is 24.0 Å². The van der Waals surface area contributed by atoms with Gasteiger partial charge in [0.2, 0.25) is 0 Å². The molecule has 19 heavy (non-hydrogen) atoms. The fraction of sp³-hybridized carbons (Fsp3) is 0.200.